The summed E-state index contributed by atoms with van der Waals surface area (Å²) in [6, 6.07) is 14.6. The second-order valence-corrected chi connectivity index (χ2v) is 10.7. The number of para-hydroxylation sites is 2. The van der Waals surface area contributed by atoms with Crippen molar-refractivity contribution in [3.63, 3.8) is 0 Å². The van der Waals surface area contributed by atoms with Crippen LogP contribution in [0.5, 0.6) is 0 Å². The topological polar surface area (TPSA) is 94.1 Å². The fourth-order valence-electron chi connectivity index (χ4n) is 3.98. The molecule has 0 saturated carbocycles. The van der Waals surface area contributed by atoms with Gasteiger partial charge in [-0.2, -0.15) is 0 Å². The van der Waals surface area contributed by atoms with E-state index in [0.717, 1.165) is 38.3 Å². The molecule has 3 N–H and O–H groups in total. The first-order valence-electron chi connectivity index (χ1n) is 12.0. The molecular weight excluding hydrogens is 444 g/mol. The molecule has 2 amide bonds. The lowest BCUT2D eigenvalue weighted by Crippen LogP contribution is -2.50. The Balaban J connectivity index is 1.54. The van der Waals surface area contributed by atoms with Gasteiger partial charge in [-0.3, -0.25) is 19.9 Å². The highest BCUT2D eigenvalue weighted by atomic mass is 16.6. The van der Waals surface area contributed by atoms with Gasteiger partial charge in [-0.05, 0) is 64.4 Å². The number of ether oxygens (including phenoxy) is 1. The molecule has 2 aromatic carbocycles. The van der Waals surface area contributed by atoms with Crippen molar-refractivity contribution in [2.24, 2.45) is 0 Å². The Kier molecular flexibility index (Phi) is 8.53. The van der Waals surface area contributed by atoms with Crippen molar-refractivity contribution in [1.29, 1.82) is 0 Å². The van der Waals surface area contributed by atoms with Crippen LogP contribution < -0.4 is 10.6 Å². The summed E-state index contributed by atoms with van der Waals surface area (Å²) >= 11 is 0. The summed E-state index contributed by atoms with van der Waals surface area (Å²) in [5.74, 6) is -0.254. The standard InChI is InChI=1S/C27H38N4O4/c1-26(2,3)35-25(33)29-23-9-7-6-8-22(23)28-24(32)21-12-10-20(11-13-21)18-30-14-16-31(17-15-30)19-27(4,5)34/h6-13,34H,14-19H2,1-5H3,(H,28,32)(H,29,33). The number of nitrogens with one attached hydrogen (secondary N) is 2. The molecular formula is C27H38N4O4. The molecule has 0 spiro atoms. The first kappa shape index (κ1) is 26.7. The lowest BCUT2D eigenvalue weighted by Gasteiger charge is -2.37. The van der Waals surface area contributed by atoms with Crippen LogP contribution in [0.3, 0.4) is 0 Å². The van der Waals surface area contributed by atoms with Gasteiger partial charge < -0.3 is 15.2 Å². The monoisotopic (exact) mass is 482 g/mol. The molecule has 1 aliphatic heterocycles. The Bertz CT molecular complexity index is 1000. The Morgan fingerprint density at radius 3 is 1.94 bits per heavy atom. The minimum absolute atomic E-state index is 0.254. The molecule has 1 saturated heterocycles. The molecule has 1 fully saturated rings. The molecule has 3 rings (SSSR count). The summed E-state index contributed by atoms with van der Waals surface area (Å²) in [4.78, 5) is 29.7. The molecule has 0 unspecified atom stereocenters. The van der Waals surface area contributed by atoms with E-state index in [-0.39, 0.29) is 5.91 Å². The number of piperazine rings is 1. The number of hydrogen-bond donors (Lipinski definition) is 3. The Morgan fingerprint density at radius 2 is 1.40 bits per heavy atom. The summed E-state index contributed by atoms with van der Waals surface area (Å²) in [6.45, 7) is 14.3. The number of nitrogens with zero attached hydrogens (tertiary/aromatic N) is 2. The van der Waals surface area contributed by atoms with Crippen LogP contribution in [0.25, 0.3) is 0 Å². The third-order valence-corrected chi connectivity index (χ3v) is 5.51. The maximum Gasteiger partial charge on any atom is 0.412 e. The van der Waals surface area contributed by atoms with Gasteiger partial charge in [0.25, 0.3) is 5.91 Å². The van der Waals surface area contributed by atoms with Crippen LogP contribution >= 0.6 is 0 Å². The van der Waals surface area contributed by atoms with E-state index in [1.54, 1.807) is 45.0 Å². The van der Waals surface area contributed by atoms with Crippen molar-refractivity contribution >= 4 is 23.4 Å². The van der Waals surface area contributed by atoms with Crippen molar-refractivity contribution < 1.29 is 19.4 Å². The summed E-state index contributed by atoms with van der Waals surface area (Å²) in [7, 11) is 0. The van der Waals surface area contributed by atoms with Gasteiger partial charge in [0.2, 0.25) is 0 Å². The first-order valence-corrected chi connectivity index (χ1v) is 12.0. The summed E-state index contributed by atoms with van der Waals surface area (Å²) in [5, 5.41) is 15.6. The zero-order valence-electron chi connectivity index (χ0n) is 21.4. The maximum atomic E-state index is 12.8. The Morgan fingerprint density at radius 1 is 0.857 bits per heavy atom. The minimum atomic E-state index is -0.676. The van der Waals surface area contributed by atoms with E-state index in [1.165, 1.54) is 0 Å². The molecule has 0 aliphatic carbocycles. The molecule has 0 atom stereocenters. The van der Waals surface area contributed by atoms with Gasteiger partial charge >= 0.3 is 6.09 Å². The van der Waals surface area contributed by atoms with Crippen molar-refractivity contribution in [3.05, 3.63) is 59.7 Å². The SMILES string of the molecule is CC(C)(O)CN1CCN(Cc2ccc(C(=O)Nc3ccccc3NC(=O)OC(C)(C)C)cc2)CC1. The van der Waals surface area contributed by atoms with Gasteiger partial charge in [0.15, 0.2) is 0 Å². The number of carbonyl (C=O) groups is 2. The number of carbonyl (C=O) groups excluding carboxylic acids is 2. The van der Waals surface area contributed by atoms with Crippen LogP contribution in [0.1, 0.15) is 50.5 Å². The van der Waals surface area contributed by atoms with Crippen LogP contribution in [0.15, 0.2) is 48.5 Å². The van der Waals surface area contributed by atoms with Crippen molar-refractivity contribution in [2.45, 2.75) is 52.4 Å². The number of benzene rings is 2. The second-order valence-electron chi connectivity index (χ2n) is 10.7. The maximum absolute atomic E-state index is 12.8. The van der Waals surface area contributed by atoms with Crippen LogP contribution in [0.4, 0.5) is 16.2 Å². The number of β-amino-alcohol motifs (C(OH)–C–C–N with tert-alkyl or cyclic N) is 1. The van der Waals surface area contributed by atoms with Gasteiger partial charge in [-0.1, -0.05) is 24.3 Å². The molecule has 8 nitrogen and oxygen atoms in total. The molecule has 0 bridgehead atoms. The van der Waals surface area contributed by atoms with E-state index >= 15 is 0 Å². The minimum Gasteiger partial charge on any atom is -0.444 e. The fourth-order valence-corrected chi connectivity index (χ4v) is 3.98. The van der Waals surface area contributed by atoms with E-state index in [1.807, 2.05) is 38.1 Å². The fraction of sp³-hybridized carbons (Fsp3) is 0.481. The Labute approximate surface area is 208 Å². The highest BCUT2D eigenvalue weighted by molar-refractivity contribution is 6.06. The summed E-state index contributed by atoms with van der Waals surface area (Å²) < 4.78 is 5.31. The third kappa shape index (κ3) is 8.98. The average molecular weight is 483 g/mol. The first-order chi connectivity index (χ1) is 16.4. The number of aliphatic hydroxyl groups is 1. The Hall–Kier alpha value is -2.94. The van der Waals surface area contributed by atoms with Gasteiger partial charge in [0.05, 0.1) is 17.0 Å². The second kappa shape index (κ2) is 11.2. The number of amides is 2. The van der Waals surface area contributed by atoms with Crippen molar-refractivity contribution in [1.82, 2.24) is 9.80 Å². The quantitative estimate of drug-likeness (QED) is 0.548. The number of hydrogen-bond acceptors (Lipinski definition) is 6. The van der Waals surface area contributed by atoms with Crippen molar-refractivity contribution in [3.8, 4) is 0 Å². The highest BCUT2D eigenvalue weighted by Crippen LogP contribution is 2.23. The normalized spacial score (nSPS) is 15.5. The lowest BCUT2D eigenvalue weighted by atomic mass is 10.1. The van der Waals surface area contributed by atoms with Gasteiger partial charge in [-0.25, -0.2) is 4.79 Å². The zero-order valence-corrected chi connectivity index (χ0v) is 21.4. The largest absolute Gasteiger partial charge is 0.444 e. The predicted molar refractivity (Wildman–Crippen MR) is 139 cm³/mol. The summed E-state index contributed by atoms with van der Waals surface area (Å²) in [5.41, 5.74) is 1.35. The highest BCUT2D eigenvalue weighted by Gasteiger charge is 2.23. The number of anilines is 2. The van der Waals surface area contributed by atoms with Gasteiger partial charge in [0.1, 0.15) is 5.60 Å². The molecule has 0 radical (unpaired) electrons. The van der Waals surface area contributed by atoms with Gasteiger partial charge in [-0.15, -0.1) is 0 Å². The zero-order chi connectivity index (χ0) is 25.6. The van der Waals surface area contributed by atoms with Crippen LogP contribution in [-0.4, -0.2) is 70.8 Å². The molecule has 8 heteroatoms. The van der Waals surface area contributed by atoms with Crippen molar-refractivity contribution in [2.75, 3.05) is 43.4 Å². The lowest BCUT2D eigenvalue weighted by molar-refractivity contribution is 0.0166. The van der Waals surface area contributed by atoms with Crippen LogP contribution in [0, 0.1) is 0 Å². The number of rotatable bonds is 7. The molecule has 1 heterocycles. The van der Waals surface area contributed by atoms with Crippen LogP contribution in [-0.2, 0) is 11.3 Å². The predicted octanol–water partition coefficient (Wildman–Crippen LogP) is 4.17. The summed E-state index contributed by atoms with van der Waals surface area (Å²) in [6.07, 6.45) is -0.579. The average Bonchev–Trinajstić information content (AvgIpc) is 2.74. The van der Waals surface area contributed by atoms with E-state index < -0.39 is 17.3 Å². The smallest absolute Gasteiger partial charge is 0.412 e. The van der Waals surface area contributed by atoms with Crippen LogP contribution in [0.2, 0.25) is 0 Å². The van der Waals surface area contributed by atoms with Gasteiger partial charge in [0, 0.05) is 44.8 Å². The van der Waals surface area contributed by atoms with E-state index in [9.17, 15) is 14.7 Å². The molecule has 0 aromatic heterocycles. The van der Waals surface area contributed by atoms with E-state index in [4.69, 9.17) is 4.74 Å². The van der Waals surface area contributed by atoms with E-state index in [2.05, 4.69) is 20.4 Å². The molecule has 1 aliphatic rings. The molecule has 190 valence electrons. The van der Waals surface area contributed by atoms with E-state index in [0.29, 0.717) is 23.5 Å². The molecule has 35 heavy (non-hydrogen) atoms. The molecule has 2 aromatic rings. The third-order valence-electron chi connectivity index (χ3n) is 5.51.